The Morgan fingerprint density at radius 2 is 1.61 bits per heavy atom. The van der Waals surface area contributed by atoms with E-state index in [-0.39, 0.29) is 5.91 Å². The Morgan fingerprint density at radius 3 is 2.25 bits per heavy atom. The van der Waals surface area contributed by atoms with E-state index < -0.39 is 0 Å². The van der Waals surface area contributed by atoms with E-state index in [1.54, 1.807) is 0 Å². The van der Waals surface area contributed by atoms with Crippen LogP contribution in [0, 0.1) is 0 Å². The van der Waals surface area contributed by atoms with E-state index in [1.165, 1.54) is 16.8 Å². The summed E-state index contributed by atoms with van der Waals surface area (Å²) in [5, 5.41) is 3.12. The van der Waals surface area contributed by atoms with Gasteiger partial charge in [-0.2, -0.15) is 0 Å². The maximum atomic E-state index is 12.2. The molecule has 1 aliphatic heterocycles. The van der Waals surface area contributed by atoms with Crippen LogP contribution in [0.1, 0.15) is 31.4 Å². The Bertz CT molecular complexity index is 721. The van der Waals surface area contributed by atoms with Crippen LogP contribution in [0.4, 0.5) is 5.69 Å². The molecule has 1 fully saturated rings. The zero-order chi connectivity index (χ0) is 19.8. The molecule has 0 aliphatic carbocycles. The molecule has 1 heterocycles. The van der Waals surface area contributed by atoms with E-state index in [4.69, 9.17) is 0 Å². The Morgan fingerprint density at radius 1 is 0.964 bits per heavy atom. The Balaban J connectivity index is 1.35. The van der Waals surface area contributed by atoms with Crippen molar-refractivity contribution >= 4 is 11.6 Å². The van der Waals surface area contributed by atoms with Gasteiger partial charge in [-0.1, -0.05) is 49.4 Å². The van der Waals surface area contributed by atoms with Crippen LogP contribution in [-0.4, -0.2) is 49.6 Å². The number of anilines is 1. The molecule has 1 atom stereocenters. The molecule has 28 heavy (non-hydrogen) atoms. The first-order chi connectivity index (χ1) is 13.7. The number of nitrogens with one attached hydrogen (secondary N) is 1. The highest BCUT2D eigenvalue weighted by Crippen LogP contribution is 2.16. The number of hydrogen-bond donors (Lipinski definition) is 1. The van der Waals surface area contributed by atoms with Crippen LogP contribution in [0.25, 0.3) is 0 Å². The number of carbonyl (C=O) groups is 1. The standard InChI is InChI=1S/C24H33N3O/c1-3-21-9-11-22(12-10-21)13-14-24(28)25-19-20(2)26-15-17-27(18-16-26)23-7-5-4-6-8-23/h4-12,20H,3,13-19H2,1-2H3,(H,25,28). The lowest BCUT2D eigenvalue weighted by Gasteiger charge is -2.39. The summed E-state index contributed by atoms with van der Waals surface area (Å²) in [6.45, 7) is 9.24. The summed E-state index contributed by atoms with van der Waals surface area (Å²) in [6.07, 6.45) is 2.41. The minimum absolute atomic E-state index is 0.148. The molecule has 0 bridgehead atoms. The van der Waals surface area contributed by atoms with E-state index >= 15 is 0 Å². The normalized spacial score (nSPS) is 16.0. The quantitative estimate of drug-likeness (QED) is 0.762. The van der Waals surface area contributed by atoms with Gasteiger partial charge in [-0.25, -0.2) is 0 Å². The number of hydrogen-bond acceptors (Lipinski definition) is 3. The number of carbonyl (C=O) groups excluding carboxylic acids is 1. The van der Waals surface area contributed by atoms with Gasteiger partial charge in [-0.05, 0) is 43.0 Å². The molecule has 4 heteroatoms. The maximum Gasteiger partial charge on any atom is 0.220 e. The molecule has 1 N–H and O–H groups in total. The smallest absolute Gasteiger partial charge is 0.220 e. The lowest BCUT2D eigenvalue weighted by Crippen LogP contribution is -2.52. The predicted octanol–water partition coefficient (Wildman–Crippen LogP) is 3.51. The van der Waals surface area contributed by atoms with Gasteiger partial charge >= 0.3 is 0 Å². The van der Waals surface area contributed by atoms with E-state index in [0.29, 0.717) is 12.5 Å². The summed E-state index contributed by atoms with van der Waals surface area (Å²) in [4.78, 5) is 17.1. The van der Waals surface area contributed by atoms with Gasteiger partial charge in [-0.3, -0.25) is 9.69 Å². The van der Waals surface area contributed by atoms with E-state index in [0.717, 1.165) is 45.6 Å². The fraction of sp³-hybridized carbons (Fsp3) is 0.458. The third-order valence-electron chi connectivity index (χ3n) is 5.73. The van der Waals surface area contributed by atoms with Gasteiger partial charge in [0, 0.05) is 50.9 Å². The van der Waals surface area contributed by atoms with E-state index in [2.05, 4.69) is 83.6 Å². The fourth-order valence-corrected chi connectivity index (χ4v) is 3.74. The van der Waals surface area contributed by atoms with Crippen molar-refractivity contribution in [3.05, 3.63) is 65.7 Å². The molecule has 4 nitrogen and oxygen atoms in total. The molecular formula is C24H33N3O. The Hall–Kier alpha value is -2.33. The molecular weight excluding hydrogens is 346 g/mol. The third kappa shape index (κ3) is 5.83. The van der Waals surface area contributed by atoms with Gasteiger partial charge < -0.3 is 10.2 Å². The number of nitrogens with zero attached hydrogens (tertiary/aromatic N) is 2. The number of benzene rings is 2. The number of rotatable bonds is 8. The van der Waals surface area contributed by atoms with Crippen molar-refractivity contribution in [1.29, 1.82) is 0 Å². The Kier molecular flexibility index (Phi) is 7.49. The van der Waals surface area contributed by atoms with E-state index in [1.807, 2.05) is 0 Å². The van der Waals surface area contributed by atoms with Crippen molar-refractivity contribution in [2.45, 2.75) is 39.2 Å². The first-order valence-corrected chi connectivity index (χ1v) is 10.5. The van der Waals surface area contributed by atoms with Gasteiger partial charge in [0.15, 0.2) is 0 Å². The molecule has 3 rings (SSSR count). The molecule has 1 unspecified atom stereocenters. The highest BCUT2D eigenvalue weighted by molar-refractivity contribution is 5.76. The molecule has 1 amide bonds. The predicted molar refractivity (Wildman–Crippen MR) is 117 cm³/mol. The van der Waals surface area contributed by atoms with Crippen LogP contribution in [0.5, 0.6) is 0 Å². The summed E-state index contributed by atoms with van der Waals surface area (Å²) in [5.74, 6) is 0.148. The molecule has 0 radical (unpaired) electrons. The van der Waals surface area contributed by atoms with Gasteiger partial charge in [0.25, 0.3) is 0 Å². The first kappa shape index (κ1) is 20.4. The third-order valence-corrected chi connectivity index (χ3v) is 5.73. The highest BCUT2D eigenvalue weighted by Gasteiger charge is 2.21. The highest BCUT2D eigenvalue weighted by atomic mass is 16.1. The number of amides is 1. The fourth-order valence-electron chi connectivity index (χ4n) is 3.74. The second-order valence-corrected chi connectivity index (χ2v) is 7.68. The lowest BCUT2D eigenvalue weighted by molar-refractivity contribution is -0.121. The Labute approximate surface area is 169 Å². The number of piperazine rings is 1. The molecule has 2 aromatic carbocycles. The minimum atomic E-state index is 0.148. The average Bonchev–Trinajstić information content (AvgIpc) is 2.77. The van der Waals surface area contributed by atoms with Gasteiger partial charge in [0.1, 0.15) is 0 Å². The summed E-state index contributed by atoms with van der Waals surface area (Å²) < 4.78 is 0. The molecule has 0 spiro atoms. The second-order valence-electron chi connectivity index (χ2n) is 7.68. The van der Waals surface area contributed by atoms with Crippen LogP contribution in [-0.2, 0) is 17.6 Å². The van der Waals surface area contributed by atoms with Crippen LogP contribution < -0.4 is 10.2 Å². The van der Waals surface area contributed by atoms with Crippen molar-refractivity contribution in [2.24, 2.45) is 0 Å². The number of aryl methyl sites for hydroxylation is 2. The summed E-state index contributed by atoms with van der Waals surface area (Å²) in [5.41, 5.74) is 3.88. The zero-order valence-corrected chi connectivity index (χ0v) is 17.2. The van der Waals surface area contributed by atoms with Crippen molar-refractivity contribution in [3.63, 3.8) is 0 Å². The summed E-state index contributed by atoms with van der Waals surface area (Å²) in [6, 6.07) is 19.6. The lowest BCUT2D eigenvalue weighted by atomic mass is 10.1. The molecule has 1 aliphatic rings. The largest absolute Gasteiger partial charge is 0.369 e. The van der Waals surface area contributed by atoms with Crippen molar-refractivity contribution in [2.75, 3.05) is 37.6 Å². The van der Waals surface area contributed by atoms with Crippen LogP contribution in [0.2, 0.25) is 0 Å². The van der Waals surface area contributed by atoms with E-state index in [9.17, 15) is 4.79 Å². The zero-order valence-electron chi connectivity index (χ0n) is 17.2. The van der Waals surface area contributed by atoms with Gasteiger partial charge in [0.2, 0.25) is 5.91 Å². The van der Waals surface area contributed by atoms with Crippen LogP contribution in [0.3, 0.4) is 0 Å². The summed E-state index contributed by atoms with van der Waals surface area (Å²) in [7, 11) is 0. The average molecular weight is 380 g/mol. The first-order valence-electron chi connectivity index (χ1n) is 10.5. The van der Waals surface area contributed by atoms with Crippen molar-refractivity contribution < 1.29 is 4.79 Å². The maximum absolute atomic E-state index is 12.2. The van der Waals surface area contributed by atoms with Gasteiger partial charge in [-0.15, -0.1) is 0 Å². The molecule has 1 saturated heterocycles. The monoisotopic (exact) mass is 379 g/mol. The molecule has 2 aromatic rings. The SMILES string of the molecule is CCc1ccc(CCC(=O)NCC(C)N2CCN(c3ccccc3)CC2)cc1. The molecule has 150 valence electrons. The molecule has 0 saturated carbocycles. The number of para-hydroxylation sites is 1. The second kappa shape index (κ2) is 10.3. The molecule has 0 aromatic heterocycles. The van der Waals surface area contributed by atoms with Crippen molar-refractivity contribution in [3.8, 4) is 0 Å². The summed E-state index contributed by atoms with van der Waals surface area (Å²) >= 11 is 0. The van der Waals surface area contributed by atoms with Crippen molar-refractivity contribution in [1.82, 2.24) is 10.2 Å². The minimum Gasteiger partial charge on any atom is -0.369 e. The van der Waals surface area contributed by atoms with Crippen LogP contribution >= 0.6 is 0 Å². The topological polar surface area (TPSA) is 35.6 Å². The van der Waals surface area contributed by atoms with Crippen LogP contribution in [0.15, 0.2) is 54.6 Å². The van der Waals surface area contributed by atoms with Gasteiger partial charge in [0.05, 0.1) is 0 Å².